The molecular formula is C18H21N5O2S. The van der Waals surface area contributed by atoms with Gasteiger partial charge in [-0.25, -0.2) is 9.97 Å². The summed E-state index contributed by atoms with van der Waals surface area (Å²) in [7, 11) is 0. The highest BCUT2D eigenvalue weighted by Crippen LogP contribution is 2.25. The first-order valence-electron chi connectivity index (χ1n) is 8.77. The summed E-state index contributed by atoms with van der Waals surface area (Å²) in [6.45, 7) is 6.94. The third-order valence-corrected chi connectivity index (χ3v) is 5.38. The Labute approximate surface area is 155 Å². The standard InChI is InChI=1S/C18H21N5O2S/c1-2-22-7-9-23(10-8-22)17-19-13(11-16(24)21-17)12-26-18-20-14-5-3-4-6-15(14)25-18/h3-6,11H,2,7-10,12H2,1H3,(H,19,21,24). The molecule has 0 aliphatic carbocycles. The van der Waals surface area contributed by atoms with Gasteiger partial charge in [0.1, 0.15) is 5.52 Å². The molecular weight excluding hydrogens is 350 g/mol. The number of aromatic nitrogens is 3. The molecule has 0 spiro atoms. The van der Waals surface area contributed by atoms with Gasteiger partial charge < -0.3 is 14.2 Å². The number of oxazole rings is 1. The molecule has 1 N–H and O–H groups in total. The minimum absolute atomic E-state index is 0.124. The van der Waals surface area contributed by atoms with Crippen LogP contribution in [0.4, 0.5) is 5.95 Å². The van der Waals surface area contributed by atoms with E-state index < -0.39 is 0 Å². The Morgan fingerprint density at radius 3 is 2.77 bits per heavy atom. The molecule has 0 amide bonds. The van der Waals surface area contributed by atoms with Gasteiger partial charge in [-0.05, 0) is 18.7 Å². The normalized spacial score (nSPS) is 15.7. The van der Waals surface area contributed by atoms with E-state index in [0.29, 0.717) is 16.9 Å². The molecule has 0 radical (unpaired) electrons. The van der Waals surface area contributed by atoms with Crippen molar-refractivity contribution in [2.45, 2.75) is 17.9 Å². The van der Waals surface area contributed by atoms with Gasteiger partial charge in [0, 0.05) is 38.0 Å². The van der Waals surface area contributed by atoms with Gasteiger partial charge in [-0.3, -0.25) is 9.78 Å². The first kappa shape index (κ1) is 17.1. The largest absolute Gasteiger partial charge is 0.431 e. The second kappa shape index (κ2) is 7.51. The molecule has 0 saturated carbocycles. The molecule has 0 atom stereocenters. The van der Waals surface area contributed by atoms with Gasteiger partial charge in [0.2, 0.25) is 5.95 Å². The Morgan fingerprint density at radius 1 is 1.19 bits per heavy atom. The van der Waals surface area contributed by atoms with Crippen molar-refractivity contribution in [2.75, 3.05) is 37.6 Å². The van der Waals surface area contributed by atoms with E-state index in [0.717, 1.165) is 49.5 Å². The van der Waals surface area contributed by atoms with Crippen LogP contribution >= 0.6 is 11.8 Å². The highest BCUT2D eigenvalue weighted by Gasteiger charge is 2.18. The van der Waals surface area contributed by atoms with Crippen LogP contribution in [0, 0.1) is 0 Å². The molecule has 4 rings (SSSR count). The zero-order chi connectivity index (χ0) is 17.9. The number of anilines is 1. The summed E-state index contributed by atoms with van der Waals surface area (Å²) < 4.78 is 5.71. The molecule has 2 aromatic heterocycles. The maximum Gasteiger partial charge on any atom is 0.257 e. The number of nitrogens with one attached hydrogen (secondary N) is 1. The van der Waals surface area contributed by atoms with E-state index in [2.05, 4.69) is 31.7 Å². The third-order valence-electron chi connectivity index (χ3n) is 4.52. The maximum atomic E-state index is 12.0. The van der Waals surface area contributed by atoms with Crippen molar-refractivity contribution in [2.24, 2.45) is 0 Å². The molecule has 136 valence electrons. The lowest BCUT2D eigenvalue weighted by Crippen LogP contribution is -2.47. The number of benzene rings is 1. The molecule has 7 nitrogen and oxygen atoms in total. The molecule has 26 heavy (non-hydrogen) atoms. The van der Waals surface area contributed by atoms with Crippen molar-refractivity contribution < 1.29 is 4.42 Å². The van der Waals surface area contributed by atoms with Crippen LogP contribution in [0.5, 0.6) is 0 Å². The van der Waals surface area contributed by atoms with Crippen LogP contribution < -0.4 is 10.5 Å². The average Bonchev–Trinajstić information content (AvgIpc) is 3.09. The van der Waals surface area contributed by atoms with Gasteiger partial charge in [-0.1, -0.05) is 30.8 Å². The number of thioether (sulfide) groups is 1. The van der Waals surface area contributed by atoms with Crippen molar-refractivity contribution in [3.63, 3.8) is 0 Å². The molecule has 1 saturated heterocycles. The fraction of sp³-hybridized carbons (Fsp3) is 0.389. The molecule has 0 unspecified atom stereocenters. The first-order valence-corrected chi connectivity index (χ1v) is 9.76. The monoisotopic (exact) mass is 371 g/mol. The van der Waals surface area contributed by atoms with E-state index in [9.17, 15) is 4.79 Å². The fourth-order valence-electron chi connectivity index (χ4n) is 3.04. The smallest absolute Gasteiger partial charge is 0.257 e. The number of rotatable bonds is 5. The number of fused-ring (bicyclic) bond motifs is 1. The first-order chi connectivity index (χ1) is 12.7. The summed E-state index contributed by atoms with van der Waals surface area (Å²) >= 11 is 1.45. The Balaban J connectivity index is 1.46. The van der Waals surface area contributed by atoms with Crippen LogP contribution in [0.1, 0.15) is 12.6 Å². The number of piperazine rings is 1. The van der Waals surface area contributed by atoms with Gasteiger partial charge in [-0.15, -0.1) is 0 Å². The van der Waals surface area contributed by atoms with Crippen LogP contribution in [-0.2, 0) is 5.75 Å². The number of H-pyrrole nitrogens is 1. The summed E-state index contributed by atoms with van der Waals surface area (Å²) in [6, 6.07) is 9.21. The number of para-hydroxylation sites is 2. The minimum Gasteiger partial charge on any atom is -0.431 e. The highest BCUT2D eigenvalue weighted by atomic mass is 32.2. The quantitative estimate of drug-likeness (QED) is 0.690. The van der Waals surface area contributed by atoms with Gasteiger partial charge in [-0.2, -0.15) is 0 Å². The number of hydrogen-bond donors (Lipinski definition) is 1. The Kier molecular flexibility index (Phi) is 4.94. The van der Waals surface area contributed by atoms with Crippen LogP contribution in [0.2, 0.25) is 0 Å². The summed E-state index contributed by atoms with van der Waals surface area (Å²) in [5, 5.41) is 0.589. The SMILES string of the molecule is CCN1CCN(c2nc(CSc3nc4ccccc4o3)cc(=O)[nH]2)CC1. The van der Waals surface area contributed by atoms with Gasteiger partial charge >= 0.3 is 0 Å². The van der Waals surface area contributed by atoms with E-state index in [4.69, 9.17) is 4.42 Å². The molecule has 1 aromatic carbocycles. The summed E-state index contributed by atoms with van der Waals surface area (Å²) in [5.74, 6) is 1.19. The number of aromatic amines is 1. The van der Waals surface area contributed by atoms with Crippen LogP contribution in [0.25, 0.3) is 11.1 Å². The minimum atomic E-state index is -0.124. The molecule has 3 aromatic rings. The fourth-order valence-corrected chi connectivity index (χ4v) is 3.77. The highest BCUT2D eigenvalue weighted by molar-refractivity contribution is 7.98. The average molecular weight is 371 g/mol. The Morgan fingerprint density at radius 2 is 2.00 bits per heavy atom. The lowest BCUT2D eigenvalue weighted by Gasteiger charge is -2.34. The van der Waals surface area contributed by atoms with Crippen LogP contribution in [0.15, 0.2) is 44.8 Å². The predicted molar refractivity (Wildman–Crippen MR) is 103 cm³/mol. The van der Waals surface area contributed by atoms with Crippen molar-refractivity contribution in [3.8, 4) is 0 Å². The van der Waals surface area contributed by atoms with Crippen molar-refractivity contribution in [1.29, 1.82) is 0 Å². The predicted octanol–water partition coefficient (Wildman–Crippen LogP) is 2.35. The summed E-state index contributed by atoms with van der Waals surface area (Å²) in [6.07, 6.45) is 0. The van der Waals surface area contributed by atoms with Gasteiger partial charge in [0.15, 0.2) is 5.58 Å². The number of likely N-dealkylation sites (N-methyl/N-ethyl adjacent to an activating group) is 1. The van der Waals surface area contributed by atoms with E-state index in [1.54, 1.807) is 6.07 Å². The van der Waals surface area contributed by atoms with Crippen LogP contribution in [-0.4, -0.2) is 52.6 Å². The van der Waals surface area contributed by atoms with Gasteiger partial charge in [0.25, 0.3) is 10.8 Å². The van der Waals surface area contributed by atoms with Gasteiger partial charge in [0.05, 0.1) is 5.69 Å². The molecule has 1 aliphatic heterocycles. The zero-order valence-corrected chi connectivity index (χ0v) is 15.5. The second-order valence-corrected chi connectivity index (χ2v) is 7.14. The Hall–Kier alpha value is -2.32. The van der Waals surface area contributed by atoms with E-state index >= 15 is 0 Å². The topological polar surface area (TPSA) is 78.3 Å². The van der Waals surface area contributed by atoms with E-state index in [-0.39, 0.29) is 5.56 Å². The zero-order valence-electron chi connectivity index (χ0n) is 14.6. The van der Waals surface area contributed by atoms with E-state index in [1.165, 1.54) is 11.8 Å². The lowest BCUT2D eigenvalue weighted by atomic mass is 10.3. The molecule has 3 heterocycles. The summed E-state index contributed by atoms with van der Waals surface area (Å²) in [4.78, 5) is 28.5. The molecule has 1 fully saturated rings. The number of hydrogen-bond acceptors (Lipinski definition) is 7. The molecule has 8 heteroatoms. The lowest BCUT2D eigenvalue weighted by molar-refractivity contribution is 0.270. The second-order valence-electron chi connectivity index (χ2n) is 6.22. The van der Waals surface area contributed by atoms with Crippen LogP contribution in [0.3, 0.4) is 0 Å². The summed E-state index contributed by atoms with van der Waals surface area (Å²) in [5.41, 5.74) is 2.21. The van der Waals surface area contributed by atoms with Crippen molar-refractivity contribution in [3.05, 3.63) is 46.4 Å². The Bertz CT molecular complexity index is 913. The number of nitrogens with zero attached hydrogens (tertiary/aromatic N) is 4. The third kappa shape index (κ3) is 3.76. The van der Waals surface area contributed by atoms with Crippen molar-refractivity contribution in [1.82, 2.24) is 19.9 Å². The van der Waals surface area contributed by atoms with E-state index in [1.807, 2.05) is 24.3 Å². The molecule has 0 bridgehead atoms. The maximum absolute atomic E-state index is 12.0. The van der Waals surface area contributed by atoms with Crippen molar-refractivity contribution >= 4 is 28.8 Å². The molecule has 1 aliphatic rings.